The molecule has 3 N–H and O–H groups in total. The smallest absolute Gasteiger partial charge is 0.259 e. The van der Waals surface area contributed by atoms with Crippen LogP contribution in [0.15, 0.2) is 54.3 Å². The maximum Gasteiger partial charge on any atom is 0.259 e. The van der Waals surface area contributed by atoms with E-state index >= 15 is 0 Å². The molecule has 10 heteroatoms. The number of carbonyl (C=O) groups excluding carboxylic acids is 2. The molecule has 166 valence electrons. The van der Waals surface area contributed by atoms with Crippen molar-refractivity contribution in [2.75, 3.05) is 29.1 Å². The molecule has 9 nitrogen and oxygen atoms in total. The molecule has 33 heavy (non-hydrogen) atoms. The van der Waals surface area contributed by atoms with Crippen molar-refractivity contribution < 1.29 is 9.59 Å². The van der Waals surface area contributed by atoms with E-state index in [1.807, 2.05) is 23.7 Å². The van der Waals surface area contributed by atoms with Gasteiger partial charge in [0.05, 0.1) is 34.4 Å². The van der Waals surface area contributed by atoms with Crippen molar-refractivity contribution in [2.24, 2.45) is 0 Å². The molecule has 4 aromatic heterocycles. The van der Waals surface area contributed by atoms with E-state index in [0.717, 1.165) is 27.4 Å². The first kappa shape index (κ1) is 20.8. The Kier molecular flexibility index (Phi) is 5.57. The summed E-state index contributed by atoms with van der Waals surface area (Å²) in [7, 11) is 1.76. The largest absolute Gasteiger partial charge is 0.373 e. The summed E-state index contributed by atoms with van der Waals surface area (Å²) in [4.78, 5) is 37.0. The summed E-state index contributed by atoms with van der Waals surface area (Å²) in [5, 5.41) is 14.9. The Balaban J connectivity index is 1.29. The Hall–Kier alpha value is -4.05. The van der Waals surface area contributed by atoms with Crippen LogP contribution in [0.2, 0.25) is 0 Å². The average molecular weight is 460 g/mol. The molecule has 0 spiro atoms. The van der Waals surface area contributed by atoms with Crippen LogP contribution in [0, 0.1) is 0 Å². The van der Waals surface area contributed by atoms with Crippen LogP contribution in [0.3, 0.4) is 0 Å². The van der Waals surface area contributed by atoms with Gasteiger partial charge in [0.15, 0.2) is 0 Å². The van der Waals surface area contributed by atoms with E-state index < -0.39 is 0 Å². The number of aromatic nitrogens is 4. The second kappa shape index (κ2) is 8.83. The van der Waals surface area contributed by atoms with Crippen LogP contribution in [-0.2, 0) is 17.6 Å². The molecular formula is C23H21N7O2S. The quantitative estimate of drug-likeness (QED) is 0.422. The van der Waals surface area contributed by atoms with Crippen LogP contribution in [0.5, 0.6) is 0 Å². The SMILES string of the molecule is CNc1ncccc1CC(=O)Nc1ccc(C(=O)N2CCc3cn[nH]c3-c3sccc32)cn1. The maximum absolute atomic E-state index is 13.3. The Bertz CT molecular complexity index is 1310. The van der Waals surface area contributed by atoms with Gasteiger partial charge in [-0.25, -0.2) is 9.97 Å². The van der Waals surface area contributed by atoms with Crippen molar-refractivity contribution in [2.45, 2.75) is 12.8 Å². The van der Waals surface area contributed by atoms with Gasteiger partial charge in [-0.3, -0.25) is 14.7 Å². The Morgan fingerprint density at radius 1 is 1.18 bits per heavy atom. The van der Waals surface area contributed by atoms with Gasteiger partial charge >= 0.3 is 0 Å². The highest BCUT2D eigenvalue weighted by Crippen LogP contribution is 2.39. The highest BCUT2D eigenvalue weighted by atomic mass is 32.1. The van der Waals surface area contributed by atoms with Crippen LogP contribution in [0.1, 0.15) is 21.5 Å². The first-order valence-corrected chi connectivity index (χ1v) is 11.3. The molecule has 1 aliphatic rings. The molecule has 0 aromatic carbocycles. The zero-order chi connectivity index (χ0) is 22.8. The molecule has 2 amide bonds. The molecule has 0 radical (unpaired) electrons. The fourth-order valence-electron chi connectivity index (χ4n) is 3.88. The Morgan fingerprint density at radius 3 is 2.91 bits per heavy atom. The Morgan fingerprint density at radius 2 is 2.09 bits per heavy atom. The standard InChI is InChI=1S/C23H21N7O2S/c1-24-22-14(3-2-8-25-22)11-19(31)28-18-5-4-16(12-26-18)23(32)30-9-6-15-13-27-29-20(15)21-17(30)7-10-33-21/h2-5,7-8,10,12-13H,6,9,11H2,1H3,(H,24,25)(H,27,29)(H,26,28,31). The fraction of sp³-hybridized carbons (Fsp3) is 0.174. The van der Waals surface area contributed by atoms with Crippen LogP contribution >= 0.6 is 11.3 Å². The predicted octanol–water partition coefficient (Wildman–Crippen LogP) is 3.35. The van der Waals surface area contributed by atoms with E-state index in [0.29, 0.717) is 30.2 Å². The van der Waals surface area contributed by atoms with Gasteiger partial charge < -0.3 is 15.5 Å². The van der Waals surface area contributed by atoms with Gasteiger partial charge in [-0.05, 0) is 36.1 Å². The zero-order valence-corrected chi connectivity index (χ0v) is 18.6. The number of hydrogen-bond acceptors (Lipinski definition) is 7. The molecule has 0 aliphatic carbocycles. The summed E-state index contributed by atoms with van der Waals surface area (Å²) in [5.74, 6) is 0.705. The van der Waals surface area contributed by atoms with Gasteiger partial charge in [0, 0.05) is 37.1 Å². The van der Waals surface area contributed by atoms with E-state index in [2.05, 4.69) is 30.8 Å². The summed E-state index contributed by atoms with van der Waals surface area (Å²) >= 11 is 1.58. The molecule has 0 fully saturated rings. The first-order chi connectivity index (χ1) is 16.1. The van der Waals surface area contributed by atoms with E-state index in [9.17, 15) is 9.59 Å². The normalized spacial score (nSPS) is 12.5. The number of nitrogens with zero attached hydrogens (tertiary/aromatic N) is 4. The number of rotatable bonds is 5. The number of amides is 2. The number of hydrogen-bond donors (Lipinski definition) is 3. The van der Waals surface area contributed by atoms with Crippen molar-refractivity contribution in [1.29, 1.82) is 0 Å². The minimum Gasteiger partial charge on any atom is -0.373 e. The third-order valence-electron chi connectivity index (χ3n) is 5.49. The second-order valence-corrected chi connectivity index (χ2v) is 8.45. The minimum atomic E-state index is -0.212. The number of thiophene rings is 1. The molecule has 0 saturated heterocycles. The molecule has 1 aliphatic heterocycles. The third kappa shape index (κ3) is 4.08. The van der Waals surface area contributed by atoms with Crippen LogP contribution in [0.4, 0.5) is 17.3 Å². The predicted molar refractivity (Wildman–Crippen MR) is 128 cm³/mol. The number of fused-ring (bicyclic) bond motifs is 3. The molecule has 0 unspecified atom stereocenters. The lowest BCUT2D eigenvalue weighted by Crippen LogP contribution is -2.32. The molecular weight excluding hydrogens is 438 g/mol. The summed E-state index contributed by atoms with van der Waals surface area (Å²) in [6.45, 7) is 0.548. The summed E-state index contributed by atoms with van der Waals surface area (Å²) in [6.07, 6.45) is 5.86. The monoisotopic (exact) mass is 459 g/mol. The molecule has 0 atom stereocenters. The number of aromatic amines is 1. The number of H-pyrrole nitrogens is 1. The highest BCUT2D eigenvalue weighted by molar-refractivity contribution is 7.14. The molecule has 4 aromatic rings. The molecule has 0 saturated carbocycles. The topological polar surface area (TPSA) is 116 Å². The van der Waals surface area contributed by atoms with Crippen molar-refractivity contribution in [3.05, 3.63) is 71.0 Å². The minimum absolute atomic E-state index is 0.132. The number of pyridine rings is 2. The highest BCUT2D eigenvalue weighted by Gasteiger charge is 2.27. The summed E-state index contributed by atoms with van der Waals surface area (Å²) in [6, 6.07) is 8.92. The van der Waals surface area contributed by atoms with E-state index in [-0.39, 0.29) is 18.2 Å². The van der Waals surface area contributed by atoms with Crippen LogP contribution in [0.25, 0.3) is 10.6 Å². The first-order valence-electron chi connectivity index (χ1n) is 10.4. The molecule has 5 rings (SSSR count). The van der Waals surface area contributed by atoms with Gasteiger partial charge in [-0.15, -0.1) is 11.3 Å². The van der Waals surface area contributed by atoms with Crippen molar-refractivity contribution in [1.82, 2.24) is 20.2 Å². The molecule has 0 bridgehead atoms. The van der Waals surface area contributed by atoms with Gasteiger partial charge in [0.2, 0.25) is 5.91 Å². The van der Waals surface area contributed by atoms with Crippen LogP contribution < -0.4 is 15.5 Å². The van der Waals surface area contributed by atoms with Crippen molar-refractivity contribution in [3.63, 3.8) is 0 Å². The van der Waals surface area contributed by atoms with Gasteiger partial charge in [-0.2, -0.15) is 5.10 Å². The average Bonchev–Trinajstić information content (AvgIpc) is 3.47. The lowest BCUT2D eigenvalue weighted by molar-refractivity contribution is -0.115. The third-order valence-corrected chi connectivity index (χ3v) is 6.41. The Labute approximate surface area is 193 Å². The maximum atomic E-state index is 13.3. The number of carbonyl (C=O) groups is 2. The number of anilines is 3. The van der Waals surface area contributed by atoms with E-state index in [4.69, 9.17) is 0 Å². The second-order valence-electron chi connectivity index (χ2n) is 7.53. The van der Waals surface area contributed by atoms with E-state index in [1.54, 1.807) is 47.7 Å². The van der Waals surface area contributed by atoms with Gasteiger partial charge in [0.1, 0.15) is 11.6 Å². The van der Waals surface area contributed by atoms with Crippen molar-refractivity contribution in [3.8, 4) is 10.6 Å². The lowest BCUT2D eigenvalue weighted by atomic mass is 10.1. The zero-order valence-electron chi connectivity index (χ0n) is 17.8. The van der Waals surface area contributed by atoms with Gasteiger partial charge in [-0.1, -0.05) is 6.07 Å². The van der Waals surface area contributed by atoms with Crippen LogP contribution in [-0.4, -0.2) is 45.6 Å². The van der Waals surface area contributed by atoms with E-state index in [1.165, 1.54) is 6.20 Å². The molecule has 5 heterocycles. The van der Waals surface area contributed by atoms with Crippen molar-refractivity contribution >= 4 is 40.5 Å². The lowest BCUT2D eigenvalue weighted by Gasteiger charge is -2.21. The summed E-state index contributed by atoms with van der Waals surface area (Å²) < 4.78 is 0. The number of nitrogens with one attached hydrogen (secondary N) is 3. The van der Waals surface area contributed by atoms with Gasteiger partial charge in [0.25, 0.3) is 5.91 Å². The fourth-order valence-corrected chi connectivity index (χ4v) is 4.81. The summed E-state index contributed by atoms with van der Waals surface area (Å²) in [5.41, 5.74) is 4.18.